The summed E-state index contributed by atoms with van der Waals surface area (Å²) in [4.78, 5) is 14.4. The Morgan fingerprint density at radius 1 is 1.35 bits per heavy atom. The monoisotopic (exact) mass is 232 g/mol. The second-order valence-electron chi connectivity index (χ2n) is 4.62. The van der Waals surface area contributed by atoms with Gasteiger partial charge < -0.3 is 10.6 Å². The molecule has 1 aromatic rings. The van der Waals surface area contributed by atoms with Crippen LogP contribution in [0.5, 0.6) is 0 Å². The first-order chi connectivity index (χ1) is 8.24. The van der Waals surface area contributed by atoms with Crippen LogP contribution in [0.1, 0.15) is 25.3 Å². The zero-order valence-corrected chi connectivity index (χ0v) is 10.4. The Hall–Kier alpha value is -1.35. The van der Waals surface area contributed by atoms with Crippen LogP contribution >= 0.6 is 0 Å². The van der Waals surface area contributed by atoms with E-state index in [1.54, 1.807) is 0 Å². The number of rotatable bonds is 5. The minimum atomic E-state index is -0.244. The van der Waals surface area contributed by atoms with Crippen molar-refractivity contribution >= 4 is 5.91 Å². The third-order valence-corrected chi connectivity index (χ3v) is 3.55. The summed E-state index contributed by atoms with van der Waals surface area (Å²) in [5.41, 5.74) is 6.46. The number of carbonyl (C=O) groups is 1. The Bertz CT molecular complexity index is 384. The molecule has 0 radical (unpaired) electrons. The average Bonchev–Trinajstić information content (AvgIpc) is 3.18. The number of nitrogens with two attached hydrogens (primary N) is 1. The van der Waals surface area contributed by atoms with Gasteiger partial charge in [-0.15, -0.1) is 0 Å². The number of benzene rings is 1. The molecule has 92 valence electrons. The number of amides is 1. The third-order valence-electron chi connectivity index (χ3n) is 3.55. The third kappa shape index (κ3) is 2.20. The molecule has 3 nitrogen and oxygen atoms in total. The van der Waals surface area contributed by atoms with Crippen molar-refractivity contribution in [3.05, 3.63) is 35.9 Å². The lowest BCUT2D eigenvalue weighted by atomic mass is 9.94. The van der Waals surface area contributed by atoms with Gasteiger partial charge in [0.2, 0.25) is 5.91 Å². The molecule has 0 atom stereocenters. The van der Waals surface area contributed by atoms with Gasteiger partial charge in [-0.3, -0.25) is 4.79 Å². The van der Waals surface area contributed by atoms with Crippen LogP contribution in [0.25, 0.3) is 0 Å². The maximum Gasteiger partial charge on any atom is 0.233 e. The lowest BCUT2D eigenvalue weighted by Gasteiger charge is -2.26. The molecule has 2 N–H and O–H groups in total. The Morgan fingerprint density at radius 2 is 2.00 bits per heavy atom. The van der Waals surface area contributed by atoms with E-state index in [-0.39, 0.29) is 11.3 Å². The van der Waals surface area contributed by atoms with E-state index in [0.29, 0.717) is 13.1 Å². The highest BCUT2D eigenvalue weighted by molar-refractivity contribution is 5.91. The highest BCUT2D eigenvalue weighted by atomic mass is 16.2. The molecule has 1 aromatic carbocycles. The number of carbonyl (C=O) groups excluding carboxylic acids is 1. The Kier molecular flexibility index (Phi) is 3.48. The highest BCUT2D eigenvalue weighted by Gasteiger charge is 2.52. The van der Waals surface area contributed by atoms with E-state index in [0.717, 1.165) is 24.9 Å². The predicted octanol–water partition coefficient (Wildman–Crippen LogP) is 1.53. The van der Waals surface area contributed by atoms with Gasteiger partial charge in [0.1, 0.15) is 0 Å². The molecule has 0 saturated heterocycles. The maximum absolute atomic E-state index is 12.5. The lowest BCUT2D eigenvalue weighted by Crippen LogP contribution is -2.41. The van der Waals surface area contributed by atoms with Crippen molar-refractivity contribution in [2.75, 3.05) is 19.6 Å². The quantitative estimate of drug-likeness (QED) is 0.836. The molecule has 1 fully saturated rings. The van der Waals surface area contributed by atoms with Crippen LogP contribution in [-0.2, 0) is 10.2 Å². The van der Waals surface area contributed by atoms with E-state index < -0.39 is 0 Å². The summed E-state index contributed by atoms with van der Waals surface area (Å²) in [7, 11) is 0. The van der Waals surface area contributed by atoms with Crippen molar-refractivity contribution in [1.29, 1.82) is 0 Å². The van der Waals surface area contributed by atoms with Gasteiger partial charge in [-0.25, -0.2) is 0 Å². The van der Waals surface area contributed by atoms with Crippen LogP contribution in [0.2, 0.25) is 0 Å². The first kappa shape index (κ1) is 12.1. The van der Waals surface area contributed by atoms with Crippen molar-refractivity contribution in [2.45, 2.75) is 25.2 Å². The van der Waals surface area contributed by atoms with Crippen molar-refractivity contribution in [1.82, 2.24) is 4.90 Å². The smallest absolute Gasteiger partial charge is 0.233 e. The largest absolute Gasteiger partial charge is 0.341 e. The number of hydrogen-bond acceptors (Lipinski definition) is 2. The molecule has 0 spiro atoms. The van der Waals surface area contributed by atoms with E-state index in [9.17, 15) is 4.79 Å². The predicted molar refractivity (Wildman–Crippen MR) is 68.7 cm³/mol. The molecule has 1 aliphatic rings. The fourth-order valence-electron chi connectivity index (χ4n) is 2.37. The van der Waals surface area contributed by atoms with Crippen LogP contribution in [0.4, 0.5) is 0 Å². The standard InChI is InChI=1S/C14H20N2O/c1-2-16(11-10-15)13(17)14(8-9-14)12-6-4-3-5-7-12/h3-7H,2,8-11,15H2,1H3. The van der Waals surface area contributed by atoms with E-state index in [1.165, 1.54) is 0 Å². The summed E-state index contributed by atoms with van der Waals surface area (Å²) in [5, 5.41) is 0. The summed E-state index contributed by atoms with van der Waals surface area (Å²) in [5.74, 6) is 0.247. The van der Waals surface area contributed by atoms with Gasteiger partial charge in [0.05, 0.1) is 5.41 Å². The van der Waals surface area contributed by atoms with Gasteiger partial charge >= 0.3 is 0 Å². The van der Waals surface area contributed by atoms with E-state index in [1.807, 2.05) is 30.0 Å². The molecule has 3 heteroatoms. The zero-order chi connectivity index (χ0) is 12.3. The SMILES string of the molecule is CCN(CCN)C(=O)C1(c2ccccc2)CC1. The average molecular weight is 232 g/mol. The van der Waals surface area contributed by atoms with Crippen molar-refractivity contribution in [3.63, 3.8) is 0 Å². The molecular formula is C14H20N2O. The molecule has 1 saturated carbocycles. The summed E-state index contributed by atoms with van der Waals surface area (Å²) < 4.78 is 0. The van der Waals surface area contributed by atoms with Gasteiger partial charge in [-0.05, 0) is 25.3 Å². The Morgan fingerprint density at radius 3 is 2.47 bits per heavy atom. The van der Waals surface area contributed by atoms with E-state index in [4.69, 9.17) is 5.73 Å². The molecule has 0 unspecified atom stereocenters. The van der Waals surface area contributed by atoms with E-state index in [2.05, 4.69) is 12.1 Å². The Labute approximate surface area is 103 Å². The van der Waals surface area contributed by atoms with Gasteiger partial charge in [-0.2, -0.15) is 0 Å². The molecular weight excluding hydrogens is 212 g/mol. The first-order valence-corrected chi connectivity index (χ1v) is 6.29. The maximum atomic E-state index is 12.5. The van der Waals surface area contributed by atoms with Crippen molar-refractivity contribution < 1.29 is 4.79 Å². The molecule has 0 bridgehead atoms. The lowest BCUT2D eigenvalue weighted by molar-refractivity contribution is -0.133. The van der Waals surface area contributed by atoms with Gasteiger partial charge in [-0.1, -0.05) is 30.3 Å². The molecule has 0 heterocycles. The minimum Gasteiger partial charge on any atom is -0.341 e. The molecule has 0 aromatic heterocycles. The number of likely N-dealkylation sites (N-methyl/N-ethyl adjacent to an activating group) is 1. The molecule has 1 aliphatic carbocycles. The second-order valence-corrected chi connectivity index (χ2v) is 4.62. The molecule has 1 amide bonds. The number of nitrogens with zero attached hydrogens (tertiary/aromatic N) is 1. The van der Waals surface area contributed by atoms with Crippen LogP contribution in [-0.4, -0.2) is 30.4 Å². The van der Waals surface area contributed by atoms with Crippen LogP contribution in [0, 0.1) is 0 Å². The summed E-state index contributed by atoms with van der Waals surface area (Å²) in [6.07, 6.45) is 1.94. The van der Waals surface area contributed by atoms with Crippen molar-refractivity contribution in [3.8, 4) is 0 Å². The zero-order valence-electron chi connectivity index (χ0n) is 10.4. The summed E-state index contributed by atoms with van der Waals surface area (Å²) >= 11 is 0. The van der Waals surface area contributed by atoms with Crippen LogP contribution in [0.15, 0.2) is 30.3 Å². The topological polar surface area (TPSA) is 46.3 Å². The first-order valence-electron chi connectivity index (χ1n) is 6.29. The van der Waals surface area contributed by atoms with Gasteiger partial charge in [0.15, 0.2) is 0 Å². The van der Waals surface area contributed by atoms with Gasteiger partial charge in [0.25, 0.3) is 0 Å². The minimum absolute atomic E-state index is 0.244. The molecule has 2 rings (SSSR count). The van der Waals surface area contributed by atoms with E-state index >= 15 is 0 Å². The normalized spacial score (nSPS) is 16.6. The van der Waals surface area contributed by atoms with Crippen LogP contribution in [0.3, 0.4) is 0 Å². The second kappa shape index (κ2) is 4.88. The summed E-state index contributed by atoms with van der Waals surface area (Å²) in [6.45, 7) is 3.94. The fraction of sp³-hybridized carbons (Fsp3) is 0.500. The van der Waals surface area contributed by atoms with Crippen molar-refractivity contribution in [2.24, 2.45) is 5.73 Å². The number of hydrogen-bond donors (Lipinski definition) is 1. The highest BCUT2D eigenvalue weighted by Crippen LogP contribution is 2.49. The fourth-order valence-corrected chi connectivity index (χ4v) is 2.37. The Balaban J connectivity index is 2.19. The van der Waals surface area contributed by atoms with Gasteiger partial charge in [0, 0.05) is 19.6 Å². The molecule has 17 heavy (non-hydrogen) atoms. The van der Waals surface area contributed by atoms with Crippen LogP contribution < -0.4 is 5.73 Å². The molecule has 0 aliphatic heterocycles. The summed E-state index contributed by atoms with van der Waals surface area (Å²) in [6, 6.07) is 10.1.